The predicted octanol–water partition coefficient (Wildman–Crippen LogP) is 2.01. The molecule has 0 aliphatic carbocycles. The minimum absolute atomic E-state index is 0.352. The Morgan fingerprint density at radius 3 is 2.59 bits per heavy atom. The van der Waals surface area contributed by atoms with Crippen molar-refractivity contribution in [3.05, 3.63) is 23.5 Å². The van der Waals surface area contributed by atoms with Gasteiger partial charge in [-0.3, -0.25) is 4.90 Å². The molecule has 6 nitrogen and oxygen atoms in total. The van der Waals surface area contributed by atoms with Gasteiger partial charge in [-0.05, 0) is 45.7 Å². The van der Waals surface area contributed by atoms with Gasteiger partial charge in [-0.15, -0.1) is 0 Å². The number of ether oxygens (including phenoxy) is 2. The third-order valence-electron chi connectivity index (χ3n) is 3.24. The summed E-state index contributed by atoms with van der Waals surface area (Å²) in [5.74, 6) is 0.0495. The molecule has 6 heteroatoms. The molecule has 0 aromatic carbocycles. The normalized spacial score (nSPS) is 16.3. The molecule has 2 rings (SSSR count). The zero-order chi connectivity index (χ0) is 16.3. The van der Waals surface area contributed by atoms with Crippen molar-refractivity contribution in [1.82, 2.24) is 9.88 Å². The van der Waals surface area contributed by atoms with Crippen LogP contribution in [0.4, 0.5) is 0 Å². The molecule has 0 amide bonds. The third-order valence-corrected chi connectivity index (χ3v) is 3.24. The van der Waals surface area contributed by atoms with Crippen molar-refractivity contribution in [2.45, 2.75) is 45.9 Å². The summed E-state index contributed by atoms with van der Waals surface area (Å²) < 4.78 is 11.2. The van der Waals surface area contributed by atoms with Crippen LogP contribution in [-0.4, -0.2) is 40.8 Å². The van der Waals surface area contributed by atoms with Crippen molar-refractivity contribution in [1.29, 1.82) is 5.26 Å². The molecule has 0 spiro atoms. The van der Waals surface area contributed by atoms with E-state index in [1.807, 2.05) is 31.7 Å². The number of hydrogen-bond acceptors (Lipinski definition) is 6. The molecular weight excluding hydrogens is 282 g/mol. The van der Waals surface area contributed by atoms with Gasteiger partial charge in [0.25, 0.3) is 6.23 Å². The van der Waals surface area contributed by atoms with Crippen molar-refractivity contribution in [3.8, 4) is 11.8 Å². The van der Waals surface area contributed by atoms with E-state index in [4.69, 9.17) is 14.7 Å². The molecule has 118 valence electrons. The molecule has 0 saturated carbocycles. The summed E-state index contributed by atoms with van der Waals surface area (Å²) in [5, 5.41) is 8.91. The number of esters is 1. The van der Waals surface area contributed by atoms with E-state index < -0.39 is 17.8 Å². The second-order valence-electron chi connectivity index (χ2n) is 6.34. The average Bonchev–Trinajstić information content (AvgIpc) is 2.34. The first-order valence-corrected chi connectivity index (χ1v) is 7.30. The first-order valence-electron chi connectivity index (χ1n) is 7.30. The highest BCUT2D eigenvalue weighted by Crippen LogP contribution is 2.21. The fourth-order valence-corrected chi connectivity index (χ4v) is 2.06. The number of carbonyl (C=O) groups excluding carboxylic acids is 1. The van der Waals surface area contributed by atoms with Crippen LogP contribution in [-0.2, 0) is 9.53 Å². The molecule has 1 unspecified atom stereocenters. The van der Waals surface area contributed by atoms with Crippen molar-refractivity contribution in [2.75, 3.05) is 13.1 Å². The first-order chi connectivity index (χ1) is 10.3. The Kier molecular flexibility index (Phi) is 4.67. The summed E-state index contributed by atoms with van der Waals surface area (Å²) in [4.78, 5) is 18.3. The van der Waals surface area contributed by atoms with Crippen molar-refractivity contribution in [2.24, 2.45) is 0 Å². The first kappa shape index (κ1) is 16.2. The molecule has 1 saturated heterocycles. The Morgan fingerprint density at radius 2 is 2.14 bits per heavy atom. The van der Waals surface area contributed by atoms with Gasteiger partial charge in [0.2, 0.25) is 0 Å². The molecule has 1 aromatic rings. The maximum atomic E-state index is 12.3. The highest BCUT2D eigenvalue weighted by atomic mass is 16.6. The zero-order valence-electron chi connectivity index (χ0n) is 13.4. The van der Waals surface area contributed by atoms with E-state index in [0.29, 0.717) is 17.0 Å². The van der Waals surface area contributed by atoms with Gasteiger partial charge in [-0.2, -0.15) is 5.26 Å². The number of nitriles is 1. The zero-order valence-corrected chi connectivity index (χ0v) is 13.4. The Balaban J connectivity index is 2.15. The lowest BCUT2D eigenvalue weighted by atomic mass is 10.2. The number of hydrogen-bond donors (Lipinski definition) is 0. The van der Waals surface area contributed by atoms with E-state index in [-0.39, 0.29) is 0 Å². The van der Waals surface area contributed by atoms with Gasteiger partial charge in [-0.1, -0.05) is 0 Å². The Labute approximate surface area is 130 Å². The minimum atomic E-state index is -0.776. The molecule has 1 aliphatic heterocycles. The molecule has 2 heterocycles. The highest BCUT2D eigenvalue weighted by Gasteiger charge is 2.35. The van der Waals surface area contributed by atoms with Crippen molar-refractivity contribution < 1.29 is 14.3 Å². The molecule has 1 aliphatic rings. The standard InChI is InChI=1S/C16H21N3O3/c1-11-8-12(10-18-13(11)9-17)21-14(19-6-5-7-19)15(20)22-16(2,3)4/h8,10,14H,5-7H2,1-4H3. The number of rotatable bonds is 4. The Hall–Kier alpha value is -2.13. The van der Waals surface area contributed by atoms with E-state index in [2.05, 4.69) is 4.98 Å². The van der Waals surface area contributed by atoms with Gasteiger partial charge in [0, 0.05) is 13.1 Å². The van der Waals surface area contributed by atoms with Gasteiger partial charge in [-0.25, -0.2) is 9.78 Å². The SMILES string of the molecule is Cc1cc(OC(C(=O)OC(C)(C)C)N2CCC2)cnc1C#N. The topological polar surface area (TPSA) is 75.5 Å². The number of carbonyl (C=O) groups is 1. The molecule has 0 bridgehead atoms. The second kappa shape index (κ2) is 6.32. The van der Waals surface area contributed by atoms with Gasteiger partial charge in [0.1, 0.15) is 23.1 Å². The smallest absolute Gasteiger partial charge is 0.363 e. The van der Waals surface area contributed by atoms with E-state index in [0.717, 1.165) is 19.5 Å². The largest absolute Gasteiger partial charge is 0.462 e. The predicted molar refractivity (Wildman–Crippen MR) is 80.1 cm³/mol. The molecule has 1 atom stereocenters. The van der Waals surface area contributed by atoms with Gasteiger partial charge >= 0.3 is 5.97 Å². The van der Waals surface area contributed by atoms with Crippen LogP contribution >= 0.6 is 0 Å². The lowest BCUT2D eigenvalue weighted by molar-refractivity contribution is -0.176. The highest BCUT2D eigenvalue weighted by molar-refractivity contribution is 5.75. The summed E-state index contributed by atoms with van der Waals surface area (Å²) in [5.41, 5.74) is 0.499. The van der Waals surface area contributed by atoms with Gasteiger partial charge in [0.15, 0.2) is 0 Å². The fraction of sp³-hybridized carbons (Fsp3) is 0.562. The summed E-state index contributed by atoms with van der Waals surface area (Å²) >= 11 is 0. The maximum absolute atomic E-state index is 12.3. The second-order valence-corrected chi connectivity index (χ2v) is 6.34. The molecule has 1 aromatic heterocycles. The van der Waals surface area contributed by atoms with Crippen LogP contribution in [0, 0.1) is 18.3 Å². The van der Waals surface area contributed by atoms with Crippen LogP contribution in [0.1, 0.15) is 38.4 Å². The molecular formula is C16H21N3O3. The molecule has 1 fully saturated rings. The number of aryl methyl sites for hydroxylation is 1. The summed E-state index contributed by atoms with van der Waals surface area (Å²) in [7, 11) is 0. The average molecular weight is 303 g/mol. The van der Waals surface area contributed by atoms with Crippen LogP contribution in [0.15, 0.2) is 12.3 Å². The number of likely N-dealkylation sites (tertiary alicyclic amines) is 1. The van der Waals surface area contributed by atoms with Crippen LogP contribution in [0.25, 0.3) is 0 Å². The molecule has 0 N–H and O–H groups in total. The quantitative estimate of drug-likeness (QED) is 0.792. The van der Waals surface area contributed by atoms with Crippen LogP contribution in [0.3, 0.4) is 0 Å². The van der Waals surface area contributed by atoms with Crippen LogP contribution in [0.5, 0.6) is 5.75 Å². The lowest BCUT2D eigenvalue weighted by Gasteiger charge is -2.37. The van der Waals surface area contributed by atoms with Crippen molar-refractivity contribution in [3.63, 3.8) is 0 Å². The summed E-state index contributed by atoms with van der Waals surface area (Å²) in [6, 6.07) is 3.72. The maximum Gasteiger partial charge on any atom is 0.363 e. The van der Waals surface area contributed by atoms with Gasteiger partial charge in [0.05, 0.1) is 6.20 Å². The Bertz CT molecular complexity index is 598. The Morgan fingerprint density at radius 1 is 1.45 bits per heavy atom. The van der Waals surface area contributed by atoms with Crippen LogP contribution in [0.2, 0.25) is 0 Å². The van der Waals surface area contributed by atoms with E-state index >= 15 is 0 Å². The number of pyridine rings is 1. The number of nitrogens with zero attached hydrogens (tertiary/aromatic N) is 3. The van der Waals surface area contributed by atoms with Gasteiger partial charge < -0.3 is 9.47 Å². The fourth-order valence-electron chi connectivity index (χ4n) is 2.06. The molecule has 22 heavy (non-hydrogen) atoms. The lowest BCUT2D eigenvalue weighted by Crippen LogP contribution is -2.53. The number of aromatic nitrogens is 1. The third kappa shape index (κ3) is 3.95. The summed E-state index contributed by atoms with van der Waals surface area (Å²) in [6.45, 7) is 8.85. The van der Waals surface area contributed by atoms with E-state index in [1.165, 1.54) is 6.20 Å². The van der Waals surface area contributed by atoms with Crippen LogP contribution < -0.4 is 4.74 Å². The van der Waals surface area contributed by atoms with E-state index in [1.54, 1.807) is 13.0 Å². The van der Waals surface area contributed by atoms with Crippen molar-refractivity contribution >= 4 is 5.97 Å². The minimum Gasteiger partial charge on any atom is -0.462 e. The van der Waals surface area contributed by atoms with E-state index in [9.17, 15) is 4.79 Å². The monoisotopic (exact) mass is 303 g/mol. The molecule has 0 radical (unpaired) electrons. The summed E-state index contributed by atoms with van der Waals surface area (Å²) in [6.07, 6.45) is 1.72.